The van der Waals surface area contributed by atoms with Crippen LogP contribution in [0.4, 0.5) is 17.1 Å². The first-order valence-corrected chi connectivity index (χ1v) is 13.4. The van der Waals surface area contributed by atoms with Crippen LogP contribution in [-0.2, 0) is 10.3 Å². The number of hydrogen-bond acceptors (Lipinski definition) is 5. The zero-order valence-electron chi connectivity index (χ0n) is 21.3. The average molecular weight is 545 g/mol. The van der Waals surface area contributed by atoms with Gasteiger partial charge in [-0.25, -0.2) is 4.79 Å². The lowest BCUT2D eigenvalue weighted by atomic mass is 9.77. The number of esters is 1. The summed E-state index contributed by atoms with van der Waals surface area (Å²) in [7, 11) is 0. The third kappa shape index (κ3) is 3.72. The van der Waals surface area contributed by atoms with Crippen molar-refractivity contribution in [1.29, 1.82) is 0 Å². The highest BCUT2D eigenvalue weighted by atomic mass is 35.5. The Kier molecular flexibility index (Phi) is 6.01. The van der Waals surface area contributed by atoms with Gasteiger partial charge in [0.2, 0.25) is 0 Å². The third-order valence-electron chi connectivity index (χ3n) is 7.37. The highest BCUT2D eigenvalue weighted by molar-refractivity contribution is 6.36. The molecule has 0 amide bonds. The fourth-order valence-electron chi connectivity index (χ4n) is 5.46. The summed E-state index contributed by atoms with van der Waals surface area (Å²) in [5.74, 6) is 0.958. The van der Waals surface area contributed by atoms with Gasteiger partial charge in [-0.05, 0) is 74.9 Å². The number of fused-ring (bicyclic) bond motifs is 6. The van der Waals surface area contributed by atoms with Crippen LogP contribution in [0.1, 0.15) is 46.5 Å². The van der Waals surface area contributed by atoms with Gasteiger partial charge < -0.3 is 19.7 Å². The molecular formula is C31H26Cl2N2O3. The van der Waals surface area contributed by atoms with E-state index in [1.165, 1.54) is 0 Å². The Hall–Kier alpha value is -3.67. The third-order valence-corrected chi connectivity index (χ3v) is 7.92. The van der Waals surface area contributed by atoms with Gasteiger partial charge in [0.1, 0.15) is 11.5 Å². The molecule has 1 unspecified atom stereocenters. The topological polar surface area (TPSA) is 50.8 Å². The van der Waals surface area contributed by atoms with E-state index in [0.29, 0.717) is 27.1 Å². The lowest BCUT2D eigenvalue weighted by molar-refractivity contribution is 0.0224. The Morgan fingerprint density at radius 2 is 1.61 bits per heavy atom. The second-order valence-corrected chi connectivity index (χ2v) is 10.3. The molecule has 0 fully saturated rings. The smallest absolute Gasteiger partial charge is 0.340 e. The number of ether oxygens (including phenoxy) is 2. The van der Waals surface area contributed by atoms with E-state index in [-0.39, 0.29) is 5.97 Å². The van der Waals surface area contributed by atoms with Crippen molar-refractivity contribution in [3.8, 4) is 11.5 Å². The molecule has 6 rings (SSSR count). The monoisotopic (exact) mass is 544 g/mol. The number of carbonyl (C=O) groups is 1. The van der Waals surface area contributed by atoms with E-state index in [9.17, 15) is 4.79 Å². The minimum Gasteiger partial charge on any atom is -0.456 e. The van der Waals surface area contributed by atoms with Crippen LogP contribution in [0, 0.1) is 6.92 Å². The van der Waals surface area contributed by atoms with Crippen molar-refractivity contribution < 1.29 is 14.3 Å². The molecule has 4 aromatic carbocycles. The highest BCUT2D eigenvalue weighted by Gasteiger charge is 2.53. The van der Waals surface area contributed by atoms with Crippen molar-refractivity contribution in [2.24, 2.45) is 0 Å². The molecule has 0 aromatic heterocycles. The normalized spacial score (nSPS) is 16.8. The Morgan fingerprint density at radius 3 is 2.37 bits per heavy atom. The second-order valence-electron chi connectivity index (χ2n) is 9.48. The molecule has 0 saturated carbocycles. The fraction of sp³-hybridized carbons (Fsp3) is 0.194. The van der Waals surface area contributed by atoms with Crippen LogP contribution < -0.4 is 15.0 Å². The lowest BCUT2D eigenvalue weighted by Crippen LogP contribution is -2.33. The first-order valence-electron chi connectivity index (χ1n) is 12.6. The van der Waals surface area contributed by atoms with E-state index in [0.717, 1.165) is 52.4 Å². The Labute approximate surface area is 231 Å². The highest BCUT2D eigenvalue weighted by Crippen LogP contribution is 2.57. The van der Waals surface area contributed by atoms with Crippen molar-refractivity contribution in [1.82, 2.24) is 0 Å². The van der Waals surface area contributed by atoms with Gasteiger partial charge in [0.15, 0.2) is 5.60 Å². The molecule has 38 heavy (non-hydrogen) atoms. The predicted molar refractivity (Wildman–Crippen MR) is 153 cm³/mol. The van der Waals surface area contributed by atoms with Gasteiger partial charge in [-0.1, -0.05) is 41.4 Å². The van der Waals surface area contributed by atoms with Crippen LogP contribution >= 0.6 is 23.2 Å². The largest absolute Gasteiger partial charge is 0.456 e. The second kappa shape index (κ2) is 9.26. The predicted octanol–water partition coefficient (Wildman–Crippen LogP) is 8.46. The maximum absolute atomic E-state index is 13.2. The van der Waals surface area contributed by atoms with Crippen molar-refractivity contribution in [3.05, 3.63) is 111 Å². The molecule has 0 aliphatic carbocycles. The summed E-state index contributed by atoms with van der Waals surface area (Å²) in [6, 6.07) is 23.0. The number of rotatable bonds is 5. The molecule has 0 bridgehead atoms. The quantitative estimate of drug-likeness (QED) is 0.255. The summed E-state index contributed by atoms with van der Waals surface area (Å²) in [5.41, 5.74) is 5.28. The number of nitrogens with one attached hydrogen (secondary N) is 1. The van der Waals surface area contributed by atoms with Crippen LogP contribution in [0.25, 0.3) is 0 Å². The number of anilines is 3. The first-order chi connectivity index (χ1) is 18.3. The summed E-state index contributed by atoms with van der Waals surface area (Å²) in [6.07, 6.45) is 0. The van der Waals surface area contributed by atoms with Crippen LogP contribution in [0.15, 0.2) is 72.8 Å². The summed E-state index contributed by atoms with van der Waals surface area (Å²) >= 11 is 12.6. The Bertz CT molecular complexity index is 1600. The number of hydrogen-bond donors (Lipinski definition) is 1. The lowest BCUT2D eigenvalue weighted by Gasteiger charge is -2.37. The van der Waals surface area contributed by atoms with Crippen LogP contribution in [0.3, 0.4) is 0 Å². The average Bonchev–Trinajstić information content (AvgIpc) is 3.20. The molecule has 1 spiro atoms. The molecule has 2 heterocycles. The van der Waals surface area contributed by atoms with Crippen molar-refractivity contribution in [2.45, 2.75) is 26.4 Å². The minimum atomic E-state index is -1.15. The van der Waals surface area contributed by atoms with Gasteiger partial charge in [0.25, 0.3) is 0 Å². The van der Waals surface area contributed by atoms with Crippen LogP contribution in [-0.4, -0.2) is 19.1 Å². The molecule has 1 N–H and O–H groups in total. The van der Waals surface area contributed by atoms with Crippen molar-refractivity contribution in [2.75, 3.05) is 23.3 Å². The van der Waals surface area contributed by atoms with Gasteiger partial charge in [-0.15, -0.1) is 0 Å². The van der Waals surface area contributed by atoms with Crippen LogP contribution in [0.2, 0.25) is 10.0 Å². The van der Waals surface area contributed by atoms with E-state index in [4.69, 9.17) is 32.7 Å². The molecular weight excluding hydrogens is 519 g/mol. The molecule has 2 aliphatic rings. The summed E-state index contributed by atoms with van der Waals surface area (Å²) in [5, 5.41) is 4.50. The van der Waals surface area contributed by atoms with E-state index >= 15 is 0 Å². The van der Waals surface area contributed by atoms with E-state index < -0.39 is 5.60 Å². The summed E-state index contributed by atoms with van der Waals surface area (Å²) < 4.78 is 12.9. The molecule has 4 aromatic rings. The maximum atomic E-state index is 13.2. The maximum Gasteiger partial charge on any atom is 0.340 e. The number of halogens is 2. The van der Waals surface area contributed by atoms with E-state index in [2.05, 4.69) is 30.1 Å². The van der Waals surface area contributed by atoms with E-state index in [1.54, 1.807) is 12.1 Å². The molecule has 192 valence electrons. The van der Waals surface area contributed by atoms with Crippen LogP contribution in [0.5, 0.6) is 11.5 Å². The SMILES string of the molecule is CCN(CC)c1ccc2c(c1)Oc1cc(C)c(Nc3ccc(Cl)cc3Cl)cc1C21OC(=O)c2ccccc21. The van der Waals surface area contributed by atoms with Gasteiger partial charge in [0.05, 0.1) is 16.3 Å². The molecule has 0 radical (unpaired) electrons. The number of benzene rings is 4. The van der Waals surface area contributed by atoms with E-state index in [1.807, 2.05) is 61.5 Å². The zero-order chi connectivity index (χ0) is 26.6. The molecule has 7 heteroatoms. The Balaban J connectivity index is 1.57. The number of carbonyl (C=O) groups excluding carboxylic acids is 1. The summed E-state index contributed by atoms with van der Waals surface area (Å²) in [6.45, 7) is 7.99. The number of aryl methyl sites for hydroxylation is 1. The van der Waals surface area contributed by atoms with Crippen molar-refractivity contribution >= 4 is 46.2 Å². The zero-order valence-corrected chi connectivity index (χ0v) is 22.8. The molecule has 0 saturated heterocycles. The van der Waals surface area contributed by atoms with Gasteiger partial charge in [0, 0.05) is 52.2 Å². The minimum absolute atomic E-state index is 0.358. The Morgan fingerprint density at radius 1 is 0.842 bits per heavy atom. The first kappa shape index (κ1) is 24.7. The van der Waals surface area contributed by atoms with Gasteiger partial charge >= 0.3 is 5.97 Å². The fourth-order valence-corrected chi connectivity index (χ4v) is 5.92. The standard InChI is InChI=1S/C31H26Cl2N2O3/c1-4-35(5-2)20-11-12-23-29(16-20)37-28-14-18(3)27(34-26-13-10-19(32)15-25(26)33)17-24(28)31(23)22-9-7-6-8-21(22)30(36)38-31/h6-17,34H,4-5H2,1-3H3. The van der Waals surface area contributed by atoms with Gasteiger partial charge in [-0.3, -0.25) is 0 Å². The van der Waals surface area contributed by atoms with Crippen molar-refractivity contribution in [3.63, 3.8) is 0 Å². The molecule has 1 atom stereocenters. The van der Waals surface area contributed by atoms with Gasteiger partial charge in [-0.2, -0.15) is 0 Å². The summed E-state index contributed by atoms with van der Waals surface area (Å²) in [4.78, 5) is 15.5. The number of nitrogens with zero attached hydrogens (tertiary/aromatic N) is 1. The molecule has 5 nitrogen and oxygen atoms in total. The molecule has 2 aliphatic heterocycles.